The quantitative estimate of drug-likeness (QED) is 0.687. The van der Waals surface area contributed by atoms with Crippen molar-refractivity contribution in [2.75, 3.05) is 36.5 Å². The summed E-state index contributed by atoms with van der Waals surface area (Å²) in [6.07, 6.45) is 0.437. The van der Waals surface area contributed by atoms with Gasteiger partial charge < -0.3 is 15.1 Å². The number of para-hydroxylation sites is 1. The van der Waals surface area contributed by atoms with Crippen LogP contribution in [0.4, 0.5) is 5.69 Å². The zero-order valence-corrected chi connectivity index (χ0v) is 17.3. The topological polar surface area (TPSA) is 88.0 Å². The number of carbonyl (C=O) groups excluding carboxylic acids is 2. The minimum Gasteiger partial charge on any atom is -0.347 e. The largest absolute Gasteiger partial charge is 0.347 e. The van der Waals surface area contributed by atoms with Crippen LogP contribution in [0, 0.1) is 0 Å². The van der Waals surface area contributed by atoms with E-state index in [0.717, 1.165) is 4.90 Å². The second-order valence-corrected chi connectivity index (χ2v) is 10.5. The van der Waals surface area contributed by atoms with Crippen molar-refractivity contribution in [2.45, 2.75) is 38.8 Å². The average molecular weight is 397 g/mol. The molecule has 0 saturated carbocycles. The van der Waals surface area contributed by atoms with E-state index in [9.17, 15) is 18.0 Å². The molecule has 1 aliphatic rings. The van der Waals surface area contributed by atoms with Crippen LogP contribution in [0.3, 0.4) is 0 Å². The summed E-state index contributed by atoms with van der Waals surface area (Å²) in [5.74, 6) is -0.214. The fourth-order valence-electron chi connectivity index (χ4n) is 3.27. The monoisotopic (exact) mass is 396 g/mol. The maximum Gasteiger partial charge on any atom is 0.282 e. The van der Waals surface area contributed by atoms with Crippen LogP contribution in [0.1, 0.15) is 27.2 Å². The van der Waals surface area contributed by atoms with Gasteiger partial charge in [-0.25, -0.2) is 8.42 Å². The van der Waals surface area contributed by atoms with E-state index in [1.54, 1.807) is 11.9 Å². The lowest BCUT2D eigenvalue weighted by atomic mass is 10.1. The number of hydrogen-bond acceptors (Lipinski definition) is 4. The number of anilines is 1. The first-order valence-electron chi connectivity index (χ1n) is 9.17. The number of quaternary nitrogens is 1. The van der Waals surface area contributed by atoms with Gasteiger partial charge in [0.15, 0.2) is 22.9 Å². The summed E-state index contributed by atoms with van der Waals surface area (Å²) in [4.78, 5) is 27.4. The fraction of sp³-hybridized carbons (Fsp3) is 0.579. The summed E-state index contributed by atoms with van der Waals surface area (Å²) in [7, 11) is -1.33. The highest BCUT2D eigenvalue weighted by molar-refractivity contribution is 7.91. The SMILES string of the molecule is C[NH+](CC(=O)NC(C)(C)C)CC(=O)N(c1ccccc1)[C@H]1CCS(=O)(=O)C1. The third-order valence-electron chi connectivity index (χ3n) is 4.31. The lowest BCUT2D eigenvalue weighted by Gasteiger charge is -2.29. The van der Waals surface area contributed by atoms with Crippen molar-refractivity contribution in [1.29, 1.82) is 0 Å². The Morgan fingerprint density at radius 1 is 1.19 bits per heavy atom. The normalized spacial score (nSPS) is 20.1. The number of likely N-dealkylation sites (N-methyl/N-ethyl adjacent to an activating group) is 1. The summed E-state index contributed by atoms with van der Waals surface area (Å²) in [6.45, 7) is 6.01. The van der Waals surface area contributed by atoms with Crippen molar-refractivity contribution in [2.24, 2.45) is 0 Å². The number of nitrogens with one attached hydrogen (secondary N) is 2. The lowest BCUT2D eigenvalue weighted by molar-refractivity contribution is -0.862. The number of rotatable bonds is 6. The Bertz CT molecular complexity index is 772. The van der Waals surface area contributed by atoms with Crippen LogP contribution in [-0.4, -0.2) is 63.5 Å². The summed E-state index contributed by atoms with van der Waals surface area (Å²) in [5.41, 5.74) is 0.367. The van der Waals surface area contributed by atoms with Crippen LogP contribution in [0.2, 0.25) is 0 Å². The predicted molar refractivity (Wildman–Crippen MR) is 106 cm³/mol. The number of benzene rings is 1. The zero-order chi connectivity index (χ0) is 20.2. The van der Waals surface area contributed by atoms with Crippen LogP contribution in [0.25, 0.3) is 0 Å². The summed E-state index contributed by atoms with van der Waals surface area (Å²) < 4.78 is 23.8. The second kappa shape index (κ2) is 8.39. The molecule has 1 unspecified atom stereocenters. The van der Waals surface area contributed by atoms with Gasteiger partial charge in [-0.15, -0.1) is 0 Å². The molecule has 0 spiro atoms. The third kappa shape index (κ3) is 6.62. The van der Waals surface area contributed by atoms with Crippen LogP contribution in [-0.2, 0) is 19.4 Å². The number of nitrogens with zero attached hydrogens (tertiary/aromatic N) is 1. The van der Waals surface area contributed by atoms with Crippen molar-refractivity contribution in [1.82, 2.24) is 5.32 Å². The maximum absolute atomic E-state index is 13.0. The first kappa shape index (κ1) is 21.4. The smallest absolute Gasteiger partial charge is 0.282 e. The molecular weight excluding hydrogens is 366 g/mol. The Balaban J connectivity index is 2.09. The molecule has 7 nitrogen and oxygen atoms in total. The molecule has 0 bridgehead atoms. The van der Waals surface area contributed by atoms with Crippen molar-refractivity contribution in [3.63, 3.8) is 0 Å². The molecule has 8 heteroatoms. The van der Waals surface area contributed by atoms with E-state index in [1.807, 2.05) is 51.1 Å². The highest BCUT2D eigenvalue weighted by Crippen LogP contribution is 2.24. The van der Waals surface area contributed by atoms with E-state index in [0.29, 0.717) is 12.1 Å². The molecule has 150 valence electrons. The van der Waals surface area contributed by atoms with Crippen molar-refractivity contribution in [3.05, 3.63) is 30.3 Å². The molecule has 1 aliphatic heterocycles. The number of hydrogen-bond donors (Lipinski definition) is 2. The van der Waals surface area contributed by atoms with E-state index in [2.05, 4.69) is 5.32 Å². The van der Waals surface area contributed by atoms with Gasteiger partial charge in [-0.1, -0.05) is 18.2 Å². The molecule has 2 rings (SSSR count). The minimum absolute atomic E-state index is 0.0167. The summed E-state index contributed by atoms with van der Waals surface area (Å²) in [6, 6.07) is 8.76. The molecule has 1 heterocycles. The standard InChI is InChI=1S/C19H29N3O4S/c1-19(2,3)20-17(23)12-21(4)13-18(24)22(15-8-6-5-7-9-15)16-10-11-27(25,26)14-16/h5-9,16H,10-14H2,1-4H3,(H,20,23)/p+1/t16-/m0/s1. The molecule has 0 aromatic heterocycles. The molecule has 1 aromatic rings. The van der Waals surface area contributed by atoms with E-state index in [-0.39, 0.29) is 48.0 Å². The molecule has 2 atom stereocenters. The van der Waals surface area contributed by atoms with E-state index in [4.69, 9.17) is 0 Å². The molecule has 0 aliphatic carbocycles. The molecule has 0 radical (unpaired) electrons. The molecule has 1 saturated heterocycles. The van der Waals surface area contributed by atoms with E-state index < -0.39 is 9.84 Å². The number of sulfone groups is 1. The second-order valence-electron chi connectivity index (χ2n) is 8.26. The Hall–Kier alpha value is -1.93. The minimum atomic E-state index is -3.11. The van der Waals surface area contributed by atoms with E-state index in [1.165, 1.54) is 0 Å². The van der Waals surface area contributed by atoms with Gasteiger partial charge in [-0.3, -0.25) is 9.59 Å². The van der Waals surface area contributed by atoms with Crippen molar-refractivity contribution < 1.29 is 22.9 Å². The van der Waals surface area contributed by atoms with Gasteiger partial charge in [0, 0.05) is 11.2 Å². The van der Waals surface area contributed by atoms with E-state index >= 15 is 0 Å². The lowest BCUT2D eigenvalue weighted by Crippen LogP contribution is -3.11. The Morgan fingerprint density at radius 2 is 1.81 bits per heavy atom. The van der Waals surface area contributed by atoms with Crippen LogP contribution >= 0.6 is 0 Å². The average Bonchev–Trinajstić information content (AvgIpc) is 2.86. The van der Waals surface area contributed by atoms with Crippen LogP contribution in [0.15, 0.2) is 30.3 Å². The molecular formula is C19H30N3O4S+. The van der Waals surface area contributed by atoms with Gasteiger partial charge in [0.1, 0.15) is 0 Å². The first-order valence-corrected chi connectivity index (χ1v) is 11.0. The van der Waals surface area contributed by atoms with Crippen LogP contribution in [0.5, 0.6) is 0 Å². The molecule has 1 aromatic carbocycles. The van der Waals surface area contributed by atoms with Gasteiger partial charge >= 0.3 is 0 Å². The Labute approximate surface area is 161 Å². The first-order chi connectivity index (χ1) is 12.5. The van der Waals surface area contributed by atoms with Gasteiger partial charge in [0.2, 0.25) is 0 Å². The predicted octanol–water partition coefficient (Wildman–Crippen LogP) is -0.364. The summed E-state index contributed by atoms with van der Waals surface area (Å²) >= 11 is 0. The Kier molecular flexibility index (Phi) is 6.64. The molecule has 27 heavy (non-hydrogen) atoms. The zero-order valence-electron chi connectivity index (χ0n) is 16.5. The number of amides is 2. The van der Waals surface area contributed by atoms with Gasteiger partial charge in [0.25, 0.3) is 11.8 Å². The Morgan fingerprint density at radius 3 is 2.33 bits per heavy atom. The highest BCUT2D eigenvalue weighted by Gasteiger charge is 2.36. The third-order valence-corrected chi connectivity index (χ3v) is 6.06. The highest BCUT2D eigenvalue weighted by atomic mass is 32.2. The van der Waals surface area contributed by atoms with Crippen molar-refractivity contribution in [3.8, 4) is 0 Å². The fourth-order valence-corrected chi connectivity index (χ4v) is 4.97. The number of carbonyl (C=O) groups is 2. The maximum atomic E-state index is 13.0. The van der Waals surface area contributed by atoms with Crippen molar-refractivity contribution >= 4 is 27.3 Å². The van der Waals surface area contributed by atoms with Crippen LogP contribution < -0.4 is 15.1 Å². The summed E-state index contributed by atoms with van der Waals surface area (Å²) in [5, 5.41) is 2.89. The molecule has 1 fully saturated rings. The molecule has 2 amide bonds. The van der Waals surface area contributed by atoms with Gasteiger partial charge in [-0.2, -0.15) is 0 Å². The van der Waals surface area contributed by atoms with Gasteiger partial charge in [0.05, 0.1) is 24.6 Å². The molecule has 2 N–H and O–H groups in total. The van der Waals surface area contributed by atoms with Gasteiger partial charge in [-0.05, 0) is 39.3 Å².